The molecule has 2 aromatic rings. The number of rotatable bonds is 3. The van der Waals surface area contributed by atoms with Crippen LogP contribution < -0.4 is 5.32 Å². The SMILES string of the molecule is CN1CCc2cc(F)c(C(=O)Nc3cccc(C(=N)N4CCCCC4=N)n3)cc2C1.[HH]. The first-order valence-electron chi connectivity index (χ1n) is 10.1. The van der Waals surface area contributed by atoms with Gasteiger partial charge in [-0.15, -0.1) is 0 Å². The van der Waals surface area contributed by atoms with Crippen molar-refractivity contribution in [2.75, 3.05) is 25.5 Å². The van der Waals surface area contributed by atoms with Crippen LogP contribution in [0.3, 0.4) is 0 Å². The molecule has 1 fully saturated rings. The predicted octanol–water partition coefficient (Wildman–Crippen LogP) is 3.50. The van der Waals surface area contributed by atoms with Crippen LogP contribution in [0.25, 0.3) is 0 Å². The predicted molar refractivity (Wildman–Crippen MR) is 116 cm³/mol. The van der Waals surface area contributed by atoms with Crippen LogP contribution in [-0.2, 0) is 13.0 Å². The molecule has 4 rings (SSSR count). The van der Waals surface area contributed by atoms with E-state index in [2.05, 4.69) is 15.2 Å². The molecule has 8 heteroatoms. The van der Waals surface area contributed by atoms with Gasteiger partial charge < -0.3 is 15.1 Å². The Hall–Kier alpha value is -3.13. The fourth-order valence-electron chi connectivity index (χ4n) is 3.93. The Morgan fingerprint density at radius 1 is 1.20 bits per heavy atom. The van der Waals surface area contributed by atoms with Crippen LogP contribution in [-0.4, -0.2) is 52.5 Å². The molecule has 1 aromatic carbocycles. The number of hydrogen-bond donors (Lipinski definition) is 3. The lowest BCUT2D eigenvalue weighted by atomic mass is 9.97. The third-order valence-corrected chi connectivity index (χ3v) is 5.61. The molecule has 3 N–H and O–H groups in total. The number of aromatic nitrogens is 1. The second-order valence-corrected chi connectivity index (χ2v) is 7.85. The Bertz CT molecular complexity index is 1030. The average molecular weight is 410 g/mol. The number of hydrogen-bond acceptors (Lipinski definition) is 5. The first-order chi connectivity index (χ1) is 14.4. The van der Waals surface area contributed by atoms with Gasteiger partial charge in [-0.2, -0.15) is 0 Å². The molecule has 0 bridgehead atoms. The van der Waals surface area contributed by atoms with Crippen molar-refractivity contribution in [2.24, 2.45) is 0 Å². The average Bonchev–Trinajstić information content (AvgIpc) is 2.73. The number of anilines is 1. The minimum Gasteiger partial charge on any atom is -0.314 e. The van der Waals surface area contributed by atoms with Crippen molar-refractivity contribution in [3.63, 3.8) is 0 Å². The number of amidine groups is 2. The van der Waals surface area contributed by atoms with Crippen molar-refractivity contribution in [3.05, 3.63) is 58.5 Å². The summed E-state index contributed by atoms with van der Waals surface area (Å²) in [7, 11) is 2.00. The molecule has 1 aromatic heterocycles. The maximum Gasteiger partial charge on any atom is 0.259 e. The fourth-order valence-corrected chi connectivity index (χ4v) is 3.93. The molecular formula is C22H27FN6O. The van der Waals surface area contributed by atoms with Gasteiger partial charge in [0.2, 0.25) is 0 Å². The van der Waals surface area contributed by atoms with Crippen molar-refractivity contribution >= 4 is 23.4 Å². The fraction of sp³-hybridized carbons (Fsp3) is 0.364. The van der Waals surface area contributed by atoms with Gasteiger partial charge in [-0.25, -0.2) is 9.37 Å². The first-order valence-corrected chi connectivity index (χ1v) is 10.1. The molecule has 0 saturated carbocycles. The van der Waals surface area contributed by atoms with E-state index in [1.54, 1.807) is 29.2 Å². The summed E-state index contributed by atoms with van der Waals surface area (Å²) in [4.78, 5) is 20.9. The van der Waals surface area contributed by atoms with E-state index in [1.165, 1.54) is 6.07 Å². The second-order valence-electron chi connectivity index (χ2n) is 7.85. The van der Waals surface area contributed by atoms with Crippen molar-refractivity contribution in [3.8, 4) is 0 Å². The highest BCUT2D eigenvalue weighted by Gasteiger charge is 2.22. The number of nitrogens with one attached hydrogen (secondary N) is 3. The Balaban J connectivity index is 0.00000272. The van der Waals surface area contributed by atoms with E-state index >= 15 is 0 Å². The molecule has 0 radical (unpaired) electrons. The highest BCUT2D eigenvalue weighted by Crippen LogP contribution is 2.23. The quantitative estimate of drug-likeness (QED) is 0.533. The van der Waals surface area contributed by atoms with Gasteiger partial charge in [-0.05, 0) is 61.7 Å². The molecule has 30 heavy (non-hydrogen) atoms. The summed E-state index contributed by atoms with van der Waals surface area (Å²) < 4.78 is 14.6. The summed E-state index contributed by atoms with van der Waals surface area (Å²) >= 11 is 0. The lowest BCUT2D eigenvalue weighted by Crippen LogP contribution is -2.40. The van der Waals surface area contributed by atoms with E-state index in [-0.39, 0.29) is 18.6 Å². The molecule has 0 spiro atoms. The summed E-state index contributed by atoms with van der Waals surface area (Å²) in [6, 6.07) is 8.06. The normalized spacial score (nSPS) is 16.9. The van der Waals surface area contributed by atoms with Crippen LogP contribution in [0.1, 0.15) is 47.9 Å². The van der Waals surface area contributed by atoms with Crippen molar-refractivity contribution in [1.29, 1.82) is 10.8 Å². The molecule has 158 valence electrons. The highest BCUT2D eigenvalue weighted by atomic mass is 19.1. The zero-order valence-corrected chi connectivity index (χ0v) is 17.0. The van der Waals surface area contributed by atoms with Gasteiger partial charge in [0.05, 0.1) is 5.56 Å². The maximum atomic E-state index is 14.6. The third kappa shape index (κ3) is 4.09. The Morgan fingerprint density at radius 3 is 2.83 bits per heavy atom. The number of likely N-dealkylation sites (N-methyl/N-ethyl adjacent to an activating group) is 1. The number of nitrogens with zero attached hydrogens (tertiary/aromatic N) is 3. The highest BCUT2D eigenvalue weighted by molar-refractivity contribution is 6.07. The number of carbonyl (C=O) groups is 1. The van der Waals surface area contributed by atoms with E-state index in [0.29, 0.717) is 31.0 Å². The summed E-state index contributed by atoms with van der Waals surface area (Å²) in [6.45, 7) is 2.17. The largest absolute Gasteiger partial charge is 0.314 e. The smallest absolute Gasteiger partial charge is 0.259 e. The number of halogens is 1. The minimum atomic E-state index is -0.564. The van der Waals surface area contributed by atoms with E-state index in [9.17, 15) is 9.18 Å². The summed E-state index contributed by atoms with van der Waals surface area (Å²) in [5.74, 6) is -0.311. The van der Waals surface area contributed by atoms with Crippen LogP contribution in [0, 0.1) is 16.6 Å². The summed E-state index contributed by atoms with van der Waals surface area (Å²) in [6.07, 6.45) is 3.29. The molecule has 0 aliphatic carbocycles. The van der Waals surface area contributed by atoms with Crippen molar-refractivity contribution < 1.29 is 10.6 Å². The number of likely N-dealkylation sites (tertiary alicyclic amines) is 1. The van der Waals surface area contributed by atoms with Gasteiger partial charge in [-0.3, -0.25) is 15.6 Å². The van der Waals surface area contributed by atoms with Crippen molar-refractivity contribution in [1.82, 2.24) is 14.8 Å². The molecule has 1 amide bonds. The molecule has 3 heterocycles. The topological polar surface area (TPSA) is 96.2 Å². The van der Waals surface area contributed by atoms with E-state index < -0.39 is 11.7 Å². The van der Waals surface area contributed by atoms with Crippen molar-refractivity contribution in [2.45, 2.75) is 32.2 Å². The van der Waals surface area contributed by atoms with Gasteiger partial charge in [0.1, 0.15) is 23.2 Å². The van der Waals surface area contributed by atoms with Crippen LogP contribution in [0.15, 0.2) is 30.3 Å². The zero-order valence-electron chi connectivity index (χ0n) is 17.0. The molecule has 1 saturated heterocycles. The van der Waals surface area contributed by atoms with Crippen LogP contribution >= 0.6 is 0 Å². The Kier molecular flexibility index (Phi) is 5.59. The lowest BCUT2D eigenvalue weighted by molar-refractivity contribution is 0.102. The lowest BCUT2D eigenvalue weighted by Gasteiger charge is -2.29. The molecule has 2 aliphatic rings. The number of carbonyl (C=O) groups excluding carboxylic acids is 1. The molecule has 0 atom stereocenters. The van der Waals surface area contributed by atoms with Crippen LogP contribution in [0.4, 0.5) is 10.2 Å². The zero-order chi connectivity index (χ0) is 21.3. The van der Waals surface area contributed by atoms with Gasteiger partial charge >= 0.3 is 0 Å². The summed E-state index contributed by atoms with van der Waals surface area (Å²) in [5, 5.41) is 19.1. The van der Waals surface area contributed by atoms with Gasteiger partial charge in [0.15, 0.2) is 5.84 Å². The number of piperidine rings is 1. The van der Waals surface area contributed by atoms with Gasteiger partial charge in [0.25, 0.3) is 5.91 Å². The van der Waals surface area contributed by atoms with E-state index in [1.807, 2.05) is 7.05 Å². The van der Waals surface area contributed by atoms with E-state index in [0.717, 1.165) is 36.9 Å². The monoisotopic (exact) mass is 410 g/mol. The van der Waals surface area contributed by atoms with Crippen LogP contribution in [0.5, 0.6) is 0 Å². The minimum absolute atomic E-state index is 0. The van der Waals surface area contributed by atoms with Gasteiger partial charge in [0, 0.05) is 27.5 Å². The van der Waals surface area contributed by atoms with Gasteiger partial charge in [-0.1, -0.05) is 6.07 Å². The number of benzene rings is 1. The van der Waals surface area contributed by atoms with E-state index in [4.69, 9.17) is 10.8 Å². The number of pyridine rings is 1. The molecule has 0 unspecified atom stereocenters. The first kappa shape index (κ1) is 20.2. The maximum absolute atomic E-state index is 14.6. The molecule has 2 aliphatic heterocycles. The standard InChI is InChI=1S/C22H25FN6O.H2/c1-28-10-8-14-12-17(23)16(11-15(14)13-28)22(30)27-20-7-4-5-18(26-20)21(25)29-9-3-2-6-19(29)24;/h4-5,7,11-12,24-25H,2-3,6,8-10,13H2,1H3,(H,26,27,30);1H. The second kappa shape index (κ2) is 8.31. The third-order valence-electron chi connectivity index (χ3n) is 5.61. The number of amides is 1. The number of fused-ring (bicyclic) bond motifs is 1. The van der Waals surface area contributed by atoms with Crippen LogP contribution in [0.2, 0.25) is 0 Å². The molecule has 7 nitrogen and oxygen atoms in total. The molecular weight excluding hydrogens is 383 g/mol. The summed E-state index contributed by atoms with van der Waals surface area (Å²) in [5.41, 5.74) is 2.26. The Morgan fingerprint density at radius 2 is 2.03 bits per heavy atom. The Labute approximate surface area is 176 Å².